The van der Waals surface area contributed by atoms with Crippen molar-refractivity contribution >= 4 is 35.6 Å². The summed E-state index contributed by atoms with van der Waals surface area (Å²) in [5.74, 6) is -6.27. The van der Waals surface area contributed by atoms with Crippen LogP contribution in [0.3, 0.4) is 0 Å². The number of primary amides is 2. The summed E-state index contributed by atoms with van der Waals surface area (Å²) in [5.41, 5.74) is 15.3. The summed E-state index contributed by atoms with van der Waals surface area (Å²) in [7, 11) is 0. The second kappa shape index (κ2) is 11.4. The first-order valence-corrected chi connectivity index (χ1v) is 7.81. The number of carboxylic acid groups (broad SMARTS) is 2. The predicted octanol–water partition coefficient (Wildman–Crippen LogP) is -3.63. The molecule has 0 aromatic heterocycles. The molecule has 152 valence electrons. The maximum atomic E-state index is 12.3. The fourth-order valence-electron chi connectivity index (χ4n) is 1.93. The predicted molar refractivity (Wildman–Crippen MR) is 88.6 cm³/mol. The van der Waals surface area contributed by atoms with Crippen LogP contribution in [0.4, 0.5) is 0 Å². The van der Waals surface area contributed by atoms with Crippen molar-refractivity contribution in [3.63, 3.8) is 0 Å². The lowest BCUT2D eigenvalue weighted by atomic mass is 10.1. The van der Waals surface area contributed by atoms with E-state index in [0.29, 0.717) is 0 Å². The van der Waals surface area contributed by atoms with Crippen molar-refractivity contribution in [1.82, 2.24) is 10.6 Å². The van der Waals surface area contributed by atoms with E-state index in [1.807, 2.05) is 0 Å². The van der Waals surface area contributed by atoms with Crippen LogP contribution < -0.4 is 27.8 Å². The minimum atomic E-state index is -1.47. The van der Waals surface area contributed by atoms with Gasteiger partial charge in [0.15, 0.2) is 0 Å². The minimum absolute atomic E-state index is 0.269. The van der Waals surface area contributed by atoms with Crippen molar-refractivity contribution in [2.24, 2.45) is 17.2 Å². The van der Waals surface area contributed by atoms with Gasteiger partial charge in [0.25, 0.3) is 0 Å². The first kappa shape index (κ1) is 23.8. The molecular weight excluding hydrogens is 366 g/mol. The van der Waals surface area contributed by atoms with Gasteiger partial charge in [-0.3, -0.25) is 24.0 Å². The lowest BCUT2D eigenvalue weighted by Crippen LogP contribution is -2.55. The summed E-state index contributed by atoms with van der Waals surface area (Å²) in [6.45, 7) is 0. The lowest BCUT2D eigenvalue weighted by molar-refractivity contribution is -0.143. The average Bonchev–Trinajstić information content (AvgIpc) is 2.53. The van der Waals surface area contributed by atoms with E-state index in [2.05, 4.69) is 10.6 Å². The van der Waals surface area contributed by atoms with Crippen LogP contribution in [0.5, 0.6) is 0 Å². The molecule has 0 saturated carbocycles. The van der Waals surface area contributed by atoms with E-state index in [9.17, 15) is 28.8 Å². The smallest absolute Gasteiger partial charge is 0.326 e. The molecule has 0 aliphatic carbocycles. The topological polar surface area (TPSA) is 245 Å². The average molecular weight is 389 g/mol. The summed E-state index contributed by atoms with van der Waals surface area (Å²) in [6.07, 6.45) is -1.88. The molecule has 3 atom stereocenters. The van der Waals surface area contributed by atoms with E-state index in [0.717, 1.165) is 0 Å². The Morgan fingerprint density at radius 3 is 1.63 bits per heavy atom. The Labute approximate surface area is 153 Å². The van der Waals surface area contributed by atoms with Gasteiger partial charge in [0, 0.05) is 12.8 Å². The highest BCUT2D eigenvalue weighted by Gasteiger charge is 2.28. The van der Waals surface area contributed by atoms with Crippen LogP contribution >= 0.6 is 0 Å². The van der Waals surface area contributed by atoms with Crippen LogP contribution in [0.1, 0.15) is 32.1 Å². The molecule has 10 N–H and O–H groups in total. The third-order valence-electron chi connectivity index (χ3n) is 3.34. The summed E-state index contributed by atoms with van der Waals surface area (Å²) >= 11 is 0. The highest BCUT2D eigenvalue weighted by atomic mass is 16.4. The molecule has 0 unspecified atom stereocenters. The van der Waals surface area contributed by atoms with Crippen molar-refractivity contribution < 1.29 is 39.0 Å². The number of hydrogen-bond donors (Lipinski definition) is 7. The molecule has 13 nitrogen and oxygen atoms in total. The maximum absolute atomic E-state index is 12.3. The van der Waals surface area contributed by atoms with Crippen LogP contribution in [0.25, 0.3) is 0 Å². The van der Waals surface area contributed by atoms with Crippen LogP contribution in [0, 0.1) is 0 Å². The van der Waals surface area contributed by atoms with E-state index < -0.39 is 60.1 Å². The number of amides is 4. The molecule has 27 heavy (non-hydrogen) atoms. The van der Waals surface area contributed by atoms with Crippen molar-refractivity contribution in [3.8, 4) is 0 Å². The van der Waals surface area contributed by atoms with Crippen molar-refractivity contribution in [2.45, 2.75) is 50.2 Å². The van der Waals surface area contributed by atoms with E-state index in [4.69, 9.17) is 27.4 Å². The van der Waals surface area contributed by atoms with Gasteiger partial charge in [0.2, 0.25) is 23.6 Å². The Bertz CT molecular complexity index is 608. The molecule has 0 radical (unpaired) electrons. The normalized spacial score (nSPS) is 13.7. The number of rotatable bonds is 13. The molecule has 0 fully saturated rings. The third kappa shape index (κ3) is 10.4. The number of carbonyl (C=O) groups excluding carboxylic acids is 4. The number of carbonyl (C=O) groups is 6. The first-order chi connectivity index (χ1) is 12.4. The summed E-state index contributed by atoms with van der Waals surface area (Å²) in [4.78, 5) is 67.7. The van der Waals surface area contributed by atoms with E-state index >= 15 is 0 Å². The molecule has 0 heterocycles. The maximum Gasteiger partial charge on any atom is 0.326 e. The van der Waals surface area contributed by atoms with Gasteiger partial charge < -0.3 is 38.0 Å². The van der Waals surface area contributed by atoms with Crippen LogP contribution in [0.2, 0.25) is 0 Å². The Morgan fingerprint density at radius 2 is 1.22 bits per heavy atom. The van der Waals surface area contributed by atoms with Crippen LogP contribution in [0.15, 0.2) is 0 Å². The number of nitrogens with one attached hydrogen (secondary N) is 2. The number of hydrogen-bond acceptors (Lipinski definition) is 7. The van der Waals surface area contributed by atoms with Gasteiger partial charge in [-0.2, -0.15) is 0 Å². The fraction of sp³-hybridized carbons (Fsp3) is 0.571. The number of nitrogens with two attached hydrogens (primary N) is 3. The van der Waals surface area contributed by atoms with Gasteiger partial charge >= 0.3 is 11.9 Å². The Balaban J connectivity index is 5.12. The Morgan fingerprint density at radius 1 is 0.778 bits per heavy atom. The summed E-state index contributed by atoms with van der Waals surface area (Å²) in [5, 5.41) is 22.0. The fourth-order valence-corrected chi connectivity index (χ4v) is 1.93. The van der Waals surface area contributed by atoms with E-state index in [-0.39, 0.29) is 25.7 Å². The molecular formula is C14H23N5O8. The standard InChI is InChI=1S/C14H23N5O8/c15-6(5-11(22)23)12(24)18-7(1-3-9(16)20)13(25)19-8(14(26)27)2-4-10(17)21/h6-8H,1-5,15H2,(H2,16,20)(H2,17,21)(H,18,24)(H,19,25)(H,22,23)(H,26,27)/t6-,7-,8-/m0/s1. The molecule has 0 bridgehead atoms. The zero-order valence-corrected chi connectivity index (χ0v) is 14.3. The number of aliphatic carboxylic acids is 2. The second-order valence-corrected chi connectivity index (χ2v) is 5.67. The van der Waals surface area contributed by atoms with Crippen LogP contribution in [-0.2, 0) is 28.8 Å². The van der Waals surface area contributed by atoms with Gasteiger partial charge in [-0.1, -0.05) is 0 Å². The largest absolute Gasteiger partial charge is 0.481 e. The van der Waals surface area contributed by atoms with Gasteiger partial charge in [0.1, 0.15) is 12.1 Å². The van der Waals surface area contributed by atoms with Gasteiger partial charge in [-0.25, -0.2) is 4.79 Å². The molecule has 0 saturated heterocycles. The van der Waals surface area contributed by atoms with Gasteiger partial charge in [-0.15, -0.1) is 0 Å². The SMILES string of the molecule is NC(=O)CC[C@H](NC(=O)[C@H](CCC(N)=O)NC(=O)[C@@H](N)CC(=O)O)C(=O)O. The highest BCUT2D eigenvalue weighted by Crippen LogP contribution is 2.03. The summed E-state index contributed by atoms with van der Waals surface area (Å²) in [6, 6.07) is -4.32. The Hall–Kier alpha value is -3.22. The molecule has 0 aliphatic heterocycles. The third-order valence-corrected chi connectivity index (χ3v) is 3.34. The molecule has 0 spiro atoms. The first-order valence-electron chi connectivity index (χ1n) is 7.81. The second-order valence-electron chi connectivity index (χ2n) is 5.67. The Kier molecular flexibility index (Phi) is 10.0. The minimum Gasteiger partial charge on any atom is -0.481 e. The van der Waals surface area contributed by atoms with E-state index in [1.54, 1.807) is 0 Å². The van der Waals surface area contributed by atoms with Gasteiger partial charge in [-0.05, 0) is 12.8 Å². The number of carboxylic acids is 2. The monoisotopic (exact) mass is 389 g/mol. The van der Waals surface area contributed by atoms with Crippen molar-refractivity contribution in [3.05, 3.63) is 0 Å². The molecule has 0 rings (SSSR count). The summed E-state index contributed by atoms with van der Waals surface area (Å²) < 4.78 is 0. The zero-order chi connectivity index (χ0) is 21.1. The molecule has 0 aromatic carbocycles. The quantitative estimate of drug-likeness (QED) is 0.164. The molecule has 0 aliphatic rings. The van der Waals surface area contributed by atoms with Crippen molar-refractivity contribution in [1.29, 1.82) is 0 Å². The molecule has 0 aromatic rings. The van der Waals surface area contributed by atoms with E-state index in [1.165, 1.54) is 0 Å². The molecule has 13 heteroatoms. The van der Waals surface area contributed by atoms with Gasteiger partial charge in [0.05, 0.1) is 12.5 Å². The zero-order valence-electron chi connectivity index (χ0n) is 14.3. The van der Waals surface area contributed by atoms with Crippen LogP contribution in [-0.4, -0.2) is 63.9 Å². The lowest BCUT2D eigenvalue weighted by Gasteiger charge is -2.22. The highest BCUT2D eigenvalue weighted by molar-refractivity contribution is 5.93. The van der Waals surface area contributed by atoms with Crippen molar-refractivity contribution in [2.75, 3.05) is 0 Å². The molecule has 4 amide bonds.